The topological polar surface area (TPSA) is 43.3 Å². The van der Waals surface area contributed by atoms with Crippen LogP contribution in [0.1, 0.15) is 21.5 Å². The van der Waals surface area contributed by atoms with E-state index in [-0.39, 0.29) is 5.91 Å². The quantitative estimate of drug-likeness (QED) is 0.802. The van der Waals surface area contributed by atoms with E-state index in [9.17, 15) is 4.79 Å². The Kier molecular flexibility index (Phi) is 4.06. The van der Waals surface area contributed by atoms with E-state index in [2.05, 4.69) is 11.4 Å². The number of benzene rings is 2. The predicted octanol–water partition coefficient (Wildman–Crippen LogP) is 3.43. The van der Waals surface area contributed by atoms with Crippen molar-refractivity contribution in [2.45, 2.75) is 13.5 Å². The van der Waals surface area contributed by atoms with Gasteiger partial charge in [0, 0.05) is 25.2 Å². The number of ether oxygens (including phenoxy) is 1. The largest absolute Gasteiger partial charge is 0.495 e. The van der Waals surface area contributed by atoms with Gasteiger partial charge in [-0.2, -0.15) is 0 Å². The van der Waals surface area contributed by atoms with Crippen molar-refractivity contribution in [3.05, 3.63) is 65.4 Å². The summed E-state index contributed by atoms with van der Waals surface area (Å²) in [7, 11) is 3.56. The number of hydrogen-bond acceptors (Lipinski definition) is 2. The first-order valence-corrected chi connectivity index (χ1v) is 7.56. The zero-order valence-electron chi connectivity index (χ0n) is 13.6. The minimum Gasteiger partial charge on any atom is -0.495 e. The van der Waals surface area contributed by atoms with Crippen LogP contribution in [0.5, 0.6) is 5.75 Å². The maximum atomic E-state index is 12.6. The summed E-state index contributed by atoms with van der Waals surface area (Å²) in [4.78, 5) is 12.6. The van der Waals surface area contributed by atoms with Crippen molar-refractivity contribution in [3.63, 3.8) is 0 Å². The molecule has 4 heteroatoms. The van der Waals surface area contributed by atoms with Gasteiger partial charge in [0.05, 0.1) is 18.2 Å². The number of carbonyl (C=O) groups excluding carboxylic acids is 1. The van der Waals surface area contributed by atoms with Crippen molar-refractivity contribution >= 4 is 16.8 Å². The van der Waals surface area contributed by atoms with Crippen molar-refractivity contribution in [2.24, 2.45) is 7.05 Å². The van der Waals surface area contributed by atoms with Gasteiger partial charge in [-0.3, -0.25) is 4.79 Å². The number of carbonyl (C=O) groups is 1. The molecule has 1 aromatic heterocycles. The first-order valence-electron chi connectivity index (χ1n) is 7.56. The van der Waals surface area contributed by atoms with Gasteiger partial charge in [-0.15, -0.1) is 0 Å². The zero-order chi connectivity index (χ0) is 16.4. The molecule has 4 nitrogen and oxygen atoms in total. The Balaban J connectivity index is 1.87. The average molecular weight is 308 g/mol. The van der Waals surface area contributed by atoms with E-state index in [1.807, 2.05) is 61.1 Å². The van der Waals surface area contributed by atoms with E-state index in [0.717, 1.165) is 22.2 Å². The monoisotopic (exact) mass is 308 g/mol. The molecule has 3 aromatic rings. The third kappa shape index (κ3) is 2.93. The summed E-state index contributed by atoms with van der Waals surface area (Å²) in [6.07, 6.45) is 1.85. The smallest absolute Gasteiger partial charge is 0.253 e. The second kappa shape index (κ2) is 6.16. The molecular weight excluding hydrogens is 288 g/mol. The first-order chi connectivity index (χ1) is 11.1. The number of amides is 1. The Hall–Kier alpha value is -2.75. The van der Waals surface area contributed by atoms with Gasteiger partial charge in [0.15, 0.2) is 0 Å². The van der Waals surface area contributed by atoms with Crippen molar-refractivity contribution in [1.82, 2.24) is 9.88 Å². The highest BCUT2D eigenvalue weighted by Crippen LogP contribution is 2.29. The molecule has 0 unspecified atom stereocenters. The molecule has 1 amide bonds. The van der Waals surface area contributed by atoms with E-state index < -0.39 is 0 Å². The molecule has 0 atom stereocenters. The number of nitrogens with one attached hydrogen (secondary N) is 1. The average Bonchev–Trinajstić information content (AvgIpc) is 2.90. The molecule has 0 aliphatic carbocycles. The molecule has 118 valence electrons. The molecule has 0 aliphatic heterocycles. The highest BCUT2D eigenvalue weighted by atomic mass is 16.5. The van der Waals surface area contributed by atoms with Crippen LogP contribution in [0.2, 0.25) is 0 Å². The van der Waals surface area contributed by atoms with Crippen LogP contribution in [0.4, 0.5) is 0 Å². The van der Waals surface area contributed by atoms with Crippen molar-refractivity contribution in [2.75, 3.05) is 7.11 Å². The molecule has 0 spiro atoms. The number of aryl methyl sites for hydroxylation is 2. The summed E-state index contributed by atoms with van der Waals surface area (Å²) in [5, 5.41) is 3.89. The van der Waals surface area contributed by atoms with Gasteiger partial charge in [0.25, 0.3) is 5.91 Å². The number of para-hydroxylation sites is 1. The number of nitrogens with zero attached hydrogens (tertiary/aromatic N) is 1. The lowest BCUT2D eigenvalue weighted by Crippen LogP contribution is -2.22. The minimum absolute atomic E-state index is 0.0784. The van der Waals surface area contributed by atoms with Crippen LogP contribution >= 0.6 is 0 Å². The van der Waals surface area contributed by atoms with Crippen molar-refractivity contribution in [1.29, 1.82) is 0 Å². The third-order valence-electron chi connectivity index (χ3n) is 3.96. The third-order valence-corrected chi connectivity index (χ3v) is 3.96. The van der Waals surface area contributed by atoms with Crippen molar-refractivity contribution in [3.8, 4) is 5.75 Å². The lowest BCUT2D eigenvalue weighted by atomic mass is 10.1. The number of rotatable bonds is 4. The van der Waals surface area contributed by atoms with E-state index in [1.165, 1.54) is 5.56 Å². The Bertz CT molecular complexity index is 865. The molecule has 0 saturated heterocycles. The summed E-state index contributed by atoms with van der Waals surface area (Å²) < 4.78 is 7.32. The van der Waals surface area contributed by atoms with Crippen molar-refractivity contribution < 1.29 is 9.53 Å². The summed E-state index contributed by atoms with van der Waals surface area (Å²) in [6.45, 7) is 2.56. The lowest BCUT2D eigenvalue weighted by molar-refractivity contribution is 0.0952. The van der Waals surface area contributed by atoms with Gasteiger partial charge < -0.3 is 14.6 Å². The van der Waals surface area contributed by atoms with Crippen LogP contribution < -0.4 is 10.1 Å². The molecule has 0 bridgehead atoms. The number of methoxy groups -OCH3 is 1. The second-order valence-corrected chi connectivity index (χ2v) is 5.68. The molecule has 2 aromatic carbocycles. The van der Waals surface area contributed by atoms with Crippen LogP contribution in [-0.2, 0) is 13.6 Å². The van der Waals surface area contributed by atoms with Gasteiger partial charge in [-0.05, 0) is 18.6 Å². The normalized spacial score (nSPS) is 10.7. The molecule has 0 fully saturated rings. The van der Waals surface area contributed by atoms with Crippen LogP contribution in [0.25, 0.3) is 10.9 Å². The summed E-state index contributed by atoms with van der Waals surface area (Å²) in [6, 6.07) is 13.9. The number of fused-ring (bicyclic) bond motifs is 1. The zero-order valence-corrected chi connectivity index (χ0v) is 13.6. The summed E-state index contributed by atoms with van der Waals surface area (Å²) >= 11 is 0. The molecule has 0 aliphatic rings. The van der Waals surface area contributed by atoms with E-state index in [1.54, 1.807) is 7.11 Å². The Morgan fingerprint density at radius 1 is 1.22 bits per heavy atom. The highest BCUT2D eigenvalue weighted by Gasteiger charge is 2.16. The Morgan fingerprint density at radius 2 is 2.00 bits per heavy atom. The summed E-state index contributed by atoms with van der Waals surface area (Å²) in [5.74, 6) is 0.688. The maximum Gasteiger partial charge on any atom is 0.253 e. The van der Waals surface area contributed by atoms with Gasteiger partial charge >= 0.3 is 0 Å². The van der Waals surface area contributed by atoms with Gasteiger partial charge in [-0.25, -0.2) is 0 Å². The standard InChI is InChI=1S/C19H20N2O2/c1-13-6-4-7-14(10-13)11-20-19(22)16-12-21(2)18-15(16)8-5-9-17(18)23-3/h4-10,12H,11H2,1-3H3,(H,20,22). The van der Waals surface area contributed by atoms with Gasteiger partial charge in [0.1, 0.15) is 5.75 Å². The Labute approximate surface area is 135 Å². The van der Waals surface area contributed by atoms with Gasteiger partial charge in [0.2, 0.25) is 0 Å². The van der Waals surface area contributed by atoms with Crippen LogP contribution in [0.3, 0.4) is 0 Å². The predicted molar refractivity (Wildman–Crippen MR) is 91.8 cm³/mol. The fraction of sp³-hybridized carbons (Fsp3) is 0.211. The van der Waals surface area contributed by atoms with Crippen LogP contribution in [0, 0.1) is 6.92 Å². The number of hydrogen-bond donors (Lipinski definition) is 1. The molecule has 0 saturated carbocycles. The minimum atomic E-state index is -0.0784. The number of aromatic nitrogens is 1. The SMILES string of the molecule is COc1cccc2c(C(=O)NCc3cccc(C)c3)cn(C)c12. The molecule has 1 N–H and O–H groups in total. The molecular formula is C19H20N2O2. The lowest BCUT2D eigenvalue weighted by Gasteiger charge is -2.06. The summed E-state index contributed by atoms with van der Waals surface area (Å²) in [5.41, 5.74) is 3.87. The molecule has 23 heavy (non-hydrogen) atoms. The Morgan fingerprint density at radius 3 is 2.74 bits per heavy atom. The van der Waals surface area contributed by atoms with E-state index >= 15 is 0 Å². The highest BCUT2D eigenvalue weighted by molar-refractivity contribution is 6.08. The van der Waals surface area contributed by atoms with E-state index in [4.69, 9.17) is 4.74 Å². The fourth-order valence-electron chi connectivity index (χ4n) is 2.88. The fourth-order valence-corrected chi connectivity index (χ4v) is 2.88. The molecule has 1 heterocycles. The van der Waals surface area contributed by atoms with E-state index in [0.29, 0.717) is 12.1 Å². The maximum absolute atomic E-state index is 12.6. The first kappa shape index (κ1) is 15.2. The van der Waals surface area contributed by atoms with Crippen LogP contribution in [0.15, 0.2) is 48.7 Å². The van der Waals surface area contributed by atoms with Gasteiger partial charge in [-0.1, -0.05) is 42.0 Å². The second-order valence-electron chi connectivity index (χ2n) is 5.68. The molecule has 0 radical (unpaired) electrons. The molecule has 3 rings (SSSR count). The van der Waals surface area contributed by atoms with Crippen LogP contribution in [-0.4, -0.2) is 17.6 Å².